The first kappa shape index (κ1) is 16.2. The van der Waals surface area contributed by atoms with Crippen LogP contribution in [-0.4, -0.2) is 35.0 Å². The van der Waals surface area contributed by atoms with Crippen LogP contribution in [0.3, 0.4) is 0 Å². The van der Waals surface area contributed by atoms with Gasteiger partial charge in [0.2, 0.25) is 5.95 Å². The van der Waals surface area contributed by atoms with E-state index in [4.69, 9.17) is 0 Å². The molecule has 2 heterocycles. The fraction of sp³-hybridized carbons (Fsp3) is 0.389. The lowest BCUT2D eigenvalue weighted by atomic mass is 10.2. The lowest BCUT2D eigenvalue weighted by Gasteiger charge is -2.17. The molecule has 2 N–H and O–H groups in total. The zero-order valence-electron chi connectivity index (χ0n) is 14.1. The Morgan fingerprint density at radius 3 is 2.29 bits per heavy atom. The molecule has 1 aromatic heterocycles. The third kappa shape index (κ3) is 4.01. The summed E-state index contributed by atoms with van der Waals surface area (Å²) < 4.78 is 0. The summed E-state index contributed by atoms with van der Waals surface area (Å²) in [5, 5.41) is 5.97. The van der Waals surface area contributed by atoms with E-state index in [1.807, 2.05) is 26.0 Å². The smallest absolute Gasteiger partial charge is 0.254 e. The fourth-order valence-corrected chi connectivity index (χ4v) is 2.72. The van der Waals surface area contributed by atoms with Crippen molar-refractivity contribution >= 4 is 23.2 Å². The molecule has 1 amide bonds. The van der Waals surface area contributed by atoms with Gasteiger partial charge in [0.25, 0.3) is 5.91 Å². The normalized spacial score (nSPS) is 14.0. The number of carbonyl (C=O) groups is 1. The lowest BCUT2D eigenvalue weighted by Crippen LogP contribution is -2.30. The first-order valence-electron chi connectivity index (χ1n) is 8.37. The van der Waals surface area contributed by atoms with Crippen molar-refractivity contribution in [1.29, 1.82) is 0 Å². The van der Waals surface area contributed by atoms with Gasteiger partial charge in [0.1, 0.15) is 0 Å². The van der Waals surface area contributed by atoms with Gasteiger partial charge in [0, 0.05) is 42.9 Å². The van der Waals surface area contributed by atoms with E-state index in [-0.39, 0.29) is 11.9 Å². The largest absolute Gasteiger partial charge is 0.372 e. The highest BCUT2D eigenvalue weighted by Crippen LogP contribution is 2.23. The molecule has 0 atom stereocenters. The van der Waals surface area contributed by atoms with Crippen LogP contribution in [0, 0.1) is 0 Å². The number of amides is 1. The number of carbonyl (C=O) groups excluding carboxylic acids is 1. The van der Waals surface area contributed by atoms with Gasteiger partial charge in [-0.05, 0) is 51.0 Å². The van der Waals surface area contributed by atoms with Gasteiger partial charge in [-0.1, -0.05) is 0 Å². The van der Waals surface area contributed by atoms with Gasteiger partial charge in [0.05, 0.1) is 5.56 Å². The van der Waals surface area contributed by atoms with Crippen molar-refractivity contribution in [2.24, 2.45) is 0 Å². The van der Waals surface area contributed by atoms with Crippen molar-refractivity contribution in [3.05, 3.63) is 42.2 Å². The minimum absolute atomic E-state index is 0.0874. The Labute approximate surface area is 142 Å². The van der Waals surface area contributed by atoms with Gasteiger partial charge in [0.15, 0.2) is 0 Å². The Bertz CT molecular complexity index is 676. The van der Waals surface area contributed by atoms with Gasteiger partial charge in [-0.15, -0.1) is 0 Å². The Morgan fingerprint density at radius 1 is 1.08 bits per heavy atom. The highest BCUT2D eigenvalue weighted by molar-refractivity contribution is 5.93. The van der Waals surface area contributed by atoms with Crippen molar-refractivity contribution in [2.45, 2.75) is 32.7 Å². The summed E-state index contributed by atoms with van der Waals surface area (Å²) >= 11 is 0. The van der Waals surface area contributed by atoms with E-state index >= 15 is 0 Å². The minimum Gasteiger partial charge on any atom is -0.372 e. The van der Waals surface area contributed by atoms with Crippen LogP contribution in [0.1, 0.15) is 37.0 Å². The zero-order chi connectivity index (χ0) is 16.9. The fourth-order valence-electron chi connectivity index (χ4n) is 2.72. The molecule has 126 valence electrons. The summed E-state index contributed by atoms with van der Waals surface area (Å²) in [5.41, 5.74) is 2.63. The molecular weight excluding hydrogens is 302 g/mol. The van der Waals surface area contributed by atoms with E-state index in [9.17, 15) is 4.79 Å². The molecule has 0 aliphatic carbocycles. The second-order valence-corrected chi connectivity index (χ2v) is 6.29. The quantitative estimate of drug-likeness (QED) is 0.884. The van der Waals surface area contributed by atoms with Crippen LogP contribution >= 0.6 is 0 Å². The van der Waals surface area contributed by atoms with Gasteiger partial charge < -0.3 is 15.5 Å². The number of rotatable bonds is 5. The first-order valence-corrected chi connectivity index (χ1v) is 8.37. The van der Waals surface area contributed by atoms with E-state index in [0.717, 1.165) is 18.8 Å². The summed E-state index contributed by atoms with van der Waals surface area (Å²) in [7, 11) is 0. The summed E-state index contributed by atoms with van der Waals surface area (Å²) in [6, 6.07) is 8.35. The maximum atomic E-state index is 11.9. The van der Waals surface area contributed by atoms with Gasteiger partial charge in [-0.25, -0.2) is 9.97 Å². The van der Waals surface area contributed by atoms with Crippen molar-refractivity contribution < 1.29 is 4.79 Å². The van der Waals surface area contributed by atoms with Crippen LogP contribution in [0.2, 0.25) is 0 Å². The molecule has 6 heteroatoms. The third-order valence-corrected chi connectivity index (χ3v) is 3.93. The predicted octanol–water partition coefficient (Wildman–Crippen LogP) is 2.96. The highest BCUT2D eigenvalue weighted by atomic mass is 16.1. The molecule has 1 aliphatic heterocycles. The van der Waals surface area contributed by atoms with Gasteiger partial charge in [-0.3, -0.25) is 4.79 Å². The number of nitrogens with zero attached hydrogens (tertiary/aromatic N) is 3. The number of benzene rings is 1. The van der Waals surface area contributed by atoms with E-state index in [0.29, 0.717) is 11.5 Å². The summed E-state index contributed by atoms with van der Waals surface area (Å²) in [5.74, 6) is 0.316. The monoisotopic (exact) mass is 325 g/mol. The standard InChI is InChI=1S/C18H23N5O/c1-13(2)21-17(24)14-11-19-18(20-12-14)22-15-5-7-16(8-6-15)23-9-3-4-10-23/h5-8,11-13H,3-4,9-10H2,1-2H3,(H,21,24)(H,19,20,22). The van der Waals surface area contributed by atoms with E-state index < -0.39 is 0 Å². The van der Waals surface area contributed by atoms with Crippen LogP contribution in [-0.2, 0) is 0 Å². The second kappa shape index (κ2) is 7.29. The summed E-state index contributed by atoms with van der Waals surface area (Å²) in [6.45, 7) is 6.10. The minimum atomic E-state index is -0.161. The maximum Gasteiger partial charge on any atom is 0.254 e. The molecule has 6 nitrogen and oxygen atoms in total. The number of nitrogens with one attached hydrogen (secondary N) is 2. The summed E-state index contributed by atoms with van der Waals surface area (Å²) in [6.07, 6.45) is 5.60. The molecule has 3 rings (SSSR count). The third-order valence-electron chi connectivity index (χ3n) is 3.93. The van der Waals surface area contributed by atoms with Crippen LogP contribution < -0.4 is 15.5 Å². The molecule has 0 radical (unpaired) electrons. The van der Waals surface area contributed by atoms with Crippen LogP contribution in [0.25, 0.3) is 0 Å². The number of hydrogen-bond acceptors (Lipinski definition) is 5. The topological polar surface area (TPSA) is 70.2 Å². The first-order chi connectivity index (χ1) is 11.6. The van der Waals surface area contributed by atoms with Gasteiger partial charge in [-0.2, -0.15) is 0 Å². The average Bonchev–Trinajstić information content (AvgIpc) is 3.10. The van der Waals surface area contributed by atoms with E-state index in [1.54, 1.807) is 0 Å². The molecule has 1 saturated heterocycles. The predicted molar refractivity (Wildman–Crippen MR) is 95.8 cm³/mol. The van der Waals surface area contributed by atoms with Gasteiger partial charge >= 0.3 is 0 Å². The average molecular weight is 325 g/mol. The molecule has 2 aromatic rings. The molecule has 0 bridgehead atoms. The number of anilines is 3. The highest BCUT2D eigenvalue weighted by Gasteiger charge is 2.12. The molecule has 0 unspecified atom stereocenters. The molecule has 0 saturated carbocycles. The van der Waals surface area contributed by atoms with Crippen molar-refractivity contribution in [3.63, 3.8) is 0 Å². The van der Waals surface area contributed by atoms with Crippen molar-refractivity contribution in [1.82, 2.24) is 15.3 Å². The Morgan fingerprint density at radius 2 is 1.71 bits per heavy atom. The van der Waals surface area contributed by atoms with Crippen LogP contribution in [0.15, 0.2) is 36.7 Å². The van der Waals surface area contributed by atoms with Crippen molar-refractivity contribution in [2.75, 3.05) is 23.3 Å². The van der Waals surface area contributed by atoms with Crippen LogP contribution in [0.5, 0.6) is 0 Å². The number of aromatic nitrogens is 2. The molecule has 1 aromatic carbocycles. The molecule has 1 fully saturated rings. The SMILES string of the molecule is CC(C)NC(=O)c1cnc(Nc2ccc(N3CCCC3)cc2)nc1. The number of hydrogen-bond donors (Lipinski definition) is 2. The van der Waals surface area contributed by atoms with Crippen molar-refractivity contribution in [3.8, 4) is 0 Å². The Kier molecular flexibility index (Phi) is 4.93. The van der Waals surface area contributed by atoms with Crippen LogP contribution in [0.4, 0.5) is 17.3 Å². The Balaban J connectivity index is 1.62. The molecule has 1 aliphatic rings. The van der Waals surface area contributed by atoms with E-state index in [2.05, 4.69) is 37.6 Å². The summed E-state index contributed by atoms with van der Waals surface area (Å²) in [4.78, 5) is 22.7. The lowest BCUT2D eigenvalue weighted by molar-refractivity contribution is 0.0942. The molecule has 0 spiro atoms. The molecule has 24 heavy (non-hydrogen) atoms. The molecular formula is C18H23N5O. The maximum absolute atomic E-state index is 11.9. The van der Waals surface area contributed by atoms with E-state index in [1.165, 1.54) is 30.9 Å². The zero-order valence-corrected chi connectivity index (χ0v) is 14.1. The Hall–Kier alpha value is -2.63. The second-order valence-electron chi connectivity index (χ2n) is 6.29.